The van der Waals surface area contributed by atoms with Crippen LogP contribution >= 0.6 is 0 Å². The Morgan fingerprint density at radius 2 is 1.97 bits per heavy atom. The Balaban J connectivity index is 1.31. The molecule has 0 amide bonds. The summed E-state index contributed by atoms with van der Waals surface area (Å²) in [7, 11) is 3.80. The van der Waals surface area contributed by atoms with E-state index >= 15 is 0 Å². The molecule has 0 radical (unpaired) electrons. The fourth-order valence-electron chi connectivity index (χ4n) is 7.09. The van der Waals surface area contributed by atoms with Gasteiger partial charge < -0.3 is 23.8 Å². The van der Waals surface area contributed by atoms with Gasteiger partial charge in [0.25, 0.3) is 0 Å². The molecular formula is C27H33NO6. The molecule has 2 bridgehead atoms. The largest absolute Gasteiger partial charge is 0.493 e. The molecule has 3 aliphatic heterocycles. The SMILES string of the molecule is COc1ccc2c3c1O[C@@H]1C[C@@H](OC(=O)C45CCC(C)(C(=O)O4)C5(C)C)C=C[C@@]31CCN(C)C2. The molecule has 5 atom stereocenters. The summed E-state index contributed by atoms with van der Waals surface area (Å²) in [6.07, 6.45) is 6.21. The van der Waals surface area contributed by atoms with E-state index in [0.29, 0.717) is 19.3 Å². The highest BCUT2D eigenvalue weighted by molar-refractivity contribution is 5.93. The summed E-state index contributed by atoms with van der Waals surface area (Å²) >= 11 is 0. The summed E-state index contributed by atoms with van der Waals surface area (Å²) in [6, 6.07) is 4.12. The lowest BCUT2D eigenvalue weighted by atomic mass is 9.66. The summed E-state index contributed by atoms with van der Waals surface area (Å²) in [5.74, 6) is 0.818. The van der Waals surface area contributed by atoms with Crippen LogP contribution in [0.2, 0.25) is 0 Å². The molecule has 1 aromatic carbocycles. The van der Waals surface area contributed by atoms with Crippen molar-refractivity contribution in [2.45, 2.75) is 76.2 Å². The molecule has 34 heavy (non-hydrogen) atoms. The third kappa shape index (κ3) is 2.46. The van der Waals surface area contributed by atoms with Gasteiger partial charge in [-0.25, -0.2) is 4.79 Å². The zero-order valence-corrected chi connectivity index (χ0v) is 20.6. The van der Waals surface area contributed by atoms with Crippen molar-refractivity contribution in [2.24, 2.45) is 10.8 Å². The summed E-state index contributed by atoms with van der Waals surface area (Å²) in [6.45, 7) is 7.60. The fraction of sp³-hybridized carbons (Fsp3) is 0.630. The van der Waals surface area contributed by atoms with Crippen molar-refractivity contribution in [1.29, 1.82) is 0 Å². The summed E-state index contributed by atoms with van der Waals surface area (Å²) < 4.78 is 24.0. The van der Waals surface area contributed by atoms with E-state index < -0.39 is 28.5 Å². The first kappa shape index (κ1) is 22.0. The number of benzene rings is 1. The minimum atomic E-state index is -1.22. The van der Waals surface area contributed by atoms with Crippen LogP contribution < -0.4 is 9.47 Å². The predicted octanol–water partition coefficient (Wildman–Crippen LogP) is 3.52. The molecule has 1 saturated carbocycles. The lowest BCUT2D eigenvalue weighted by Crippen LogP contribution is -2.51. The van der Waals surface area contributed by atoms with Crippen LogP contribution in [0.1, 0.15) is 57.6 Å². The molecule has 0 N–H and O–H groups in total. The van der Waals surface area contributed by atoms with Gasteiger partial charge in [0.2, 0.25) is 5.60 Å². The smallest absolute Gasteiger partial charge is 0.351 e. The van der Waals surface area contributed by atoms with Crippen molar-refractivity contribution < 1.29 is 28.5 Å². The molecule has 3 heterocycles. The maximum atomic E-state index is 13.5. The number of carbonyl (C=O) groups is 2. The highest BCUT2D eigenvalue weighted by Crippen LogP contribution is 2.66. The van der Waals surface area contributed by atoms with E-state index in [9.17, 15) is 9.59 Å². The predicted molar refractivity (Wildman–Crippen MR) is 124 cm³/mol. The number of ether oxygens (including phenoxy) is 4. The fourth-order valence-corrected chi connectivity index (χ4v) is 7.09. The van der Waals surface area contributed by atoms with Gasteiger partial charge in [-0.15, -0.1) is 0 Å². The van der Waals surface area contributed by atoms with Crippen molar-refractivity contribution in [2.75, 3.05) is 20.7 Å². The van der Waals surface area contributed by atoms with E-state index in [1.807, 2.05) is 32.9 Å². The number of hydrogen-bond acceptors (Lipinski definition) is 7. The van der Waals surface area contributed by atoms with Crippen molar-refractivity contribution in [3.63, 3.8) is 0 Å². The number of methoxy groups -OCH3 is 1. The molecule has 7 nitrogen and oxygen atoms in total. The molecule has 1 spiro atoms. The zero-order valence-electron chi connectivity index (χ0n) is 20.6. The Morgan fingerprint density at radius 3 is 2.65 bits per heavy atom. The Morgan fingerprint density at radius 1 is 1.18 bits per heavy atom. The molecule has 2 fully saturated rings. The van der Waals surface area contributed by atoms with Crippen LogP contribution in [-0.4, -0.2) is 55.3 Å². The average molecular weight is 468 g/mol. The maximum Gasteiger partial charge on any atom is 0.351 e. The van der Waals surface area contributed by atoms with Gasteiger partial charge in [0.15, 0.2) is 11.5 Å². The van der Waals surface area contributed by atoms with Gasteiger partial charge in [-0.2, -0.15) is 0 Å². The molecule has 1 aromatic rings. The third-order valence-electron chi connectivity index (χ3n) is 9.80. The molecular weight excluding hydrogens is 434 g/mol. The molecule has 1 saturated heterocycles. The van der Waals surface area contributed by atoms with Gasteiger partial charge in [0.05, 0.1) is 17.9 Å². The minimum absolute atomic E-state index is 0.155. The summed E-state index contributed by atoms with van der Waals surface area (Å²) in [5, 5.41) is 0. The van der Waals surface area contributed by atoms with Crippen LogP contribution in [-0.2, 0) is 31.0 Å². The lowest BCUT2D eigenvalue weighted by molar-refractivity contribution is -0.186. The van der Waals surface area contributed by atoms with Crippen LogP contribution in [0.3, 0.4) is 0 Å². The van der Waals surface area contributed by atoms with Crippen molar-refractivity contribution in [3.05, 3.63) is 35.4 Å². The van der Waals surface area contributed by atoms with Gasteiger partial charge in [0.1, 0.15) is 12.2 Å². The number of nitrogens with zero attached hydrogens (tertiary/aromatic N) is 1. The Bertz CT molecular complexity index is 1130. The molecule has 6 rings (SSSR count). The highest BCUT2D eigenvalue weighted by atomic mass is 16.6. The molecule has 2 unspecified atom stereocenters. The van der Waals surface area contributed by atoms with Crippen molar-refractivity contribution in [1.82, 2.24) is 4.90 Å². The molecule has 2 aliphatic carbocycles. The number of hydrogen-bond donors (Lipinski definition) is 0. The number of rotatable bonds is 3. The monoisotopic (exact) mass is 467 g/mol. The first-order chi connectivity index (χ1) is 16.1. The number of esters is 2. The average Bonchev–Trinajstić information content (AvgIpc) is 3.24. The minimum Gasteiger partial charge on any atom is -0.493 e. The van der Waals surface area contributed by atoms with Gasteiger partial charge in [-0.05, 0) is 57.5 Å². The Kier molecular flexibility index (Phi) is 4.38. The quantitative estimate of drug-likeness (QED) is 0.497. The summed E-state index contributed by atoms with van der Waals surface area (Å²) in [5.41, 5.74) is -0.310. The van der Waals surface area contributed by atoms with E-state index in [1.165, 1.54) is 11.1 Å². The van der Waals surface area contributed by atoms with Crippen LogP contribution in [0.4, 0.5) is 0 Å². The van der Waals surface area contributed by atoms with Crippen LogP contribution in [0, 0.1) is 10.8 Å². The topological polar surface area (TPSA) is 74.3 Å². The van der Waals surface area contributed by atoms with E-state index in [-0.39, 0.29) is 17.5 Å². The van der Waals surface area contributed by atoms with Gasteiger partial charge in [0, 0.05) is 23.9 Å². The van der Waals surface area contributed by atoms with Crippen LogP contribution in [0.15, 0.2) is 24.3 Å². The van der Waals surface area contributed by atoms with Gasteiger partial charge in [-0.3, -0.25) is 4.79 Å². The number of carbonyl (C=O) groups excluding carboxylic acids is 2. The van der Waals surface area contributed by atoms with E-state index in [0.717, 1.165) is 31.0 Å². The lowest BCUT2D eigenvalue weighted by Gasteiger charge is -2.39. The highest BCUT2D eigenvalue weighted by Gasteiger charge is 2.76. The zero-order chi connectivity index (χ0) is 24.1. The first-order valence-corrected chi connectivity index (χ1v) is 12.3. The second-order valence-corrected chi connectivity index (χ2v) is 11.5. The first-order valence-electron chi connectivity index (χ1n) is 12.3. The molecule has 5 aliphatic rings. The number of fused-ring (bicyclic) bond motifs is 2. The van der Waals surface area contributed by atoms with E-state index in [1.54, 1.807) is 7.11 Å². The van der Waals surface area contributed by atoms with E-state index in [2.05, 4.69) is 24.1 Å². The Hall–Kier alpha value is -2.54. The third-order valence-corrected chi connectivity index (χ3v) is 9.80. The van der Waals surface area contributed by atoms with E-state index in [4.69, 9.17) is 18.9 Å². The molecule has 0 aromatic heterocycles. The standard InChI is InChI=1S/C27H33NO6/c1-24(2)25(3)10-11-27(24,34-22(25)29)23(30)32-17-8-9-26-12-13-28(4)15-16-6-7-18(31-5)21(20(16)26)33-19(26)14-17/h6-9,17,19H,10-15H2,1-5H3/t17-,19+,25?,26-,27?/m0/s1. The van der Waals surface area contributed by atoms with Crippen LogP contribution in [0.5, 0.6) is 11.5 Å². The van der Waals surface area contributed by atoms with Crippen LogP contribution in [0.25, 0.3) is 0 Å². The summed E-state index contributed by atoms with van der Waals surface area (Å²) in [4.78, 5) is 28.5. The normalized spacial score (nSPS) is 39.0. The second-order valence-electron chi connectivity index (χ2n) is 11.5. The second kappa shape index (κ2) is 6.78. The molecule has 7 heteroatoms. The van der Waals surface area contributed by atoms with Crippen molar-refractivity contribution in [3.8, 4) is 11.5 Å². The molecule has 182 valence electrons. The Labute approximate surface area is 200 Å². The maximum absolute atomic E-state index is 13.5. The van der Waals surface area contributed by atoms with Crippen molar-refractivity contribution >= 4 is 11.9 Å². The van der Waals surface area contributed by atoms with Gasteiger partial charge >= 0.3 is 11.9 Å². The van der Waals surface area contributed by atoms with Gasteiger partial charge in [-0.1, -0.05) is 26.0 Å².